The zero-order chi connectivity index (χ0) is 37.5. The average Bonchev–Trinajstić information content (AvgIpc) is 3.71. The van der Waals surface area contributed by atoms with Gasteiger partial charge in [-0.1, -0.05) is 25.3 Å². The molecule has 4 aliphatic heterocycles. The summed E-state index contributed by atoms with van der Waals surface area (Å²) >= 11 is 0. The van der Waals surface area contributed by atoms with Gasteiger partial charge in [-0.25, -0.2) is 9.59 Å². The molecule has 0 aromatic heterocycles. The van der Waals surface area contributed by atoms with E-state index in [9.17, 15) is 28.8 Å². The molecule has 2 saturated carbocycles. The summed E-state index contributed by atoms with van der Waals surface area (Å²) in [4.78, 5) is 74.3. The van der Waals surface area contributed by atoms with E-state index in [0.717, 1.165) is 36.8 Å². The van der Waals surface area contributed by atoms with E-state index in [1.165, 1.54) is 0 Å². The number of hydrogen-bond donors (Lipinski definition) is 2. The normalized spacial score (nSPS) is 39.6. The van der Waals surface area contributed by atoms with E-state index in [-0.39, 0.29) is 93.4 Å². The Morgan fingerprint density at radius 2 is 1.13 bits per heavy atom. The molecule has 0 aromatic carbocycles. The Bertz CT molecular complexity index is 1660. The van der Waals surface area contributed by atoms with E-state index < -0.39 is 46.2 Å². The fraction of sp³-hybridized carbons (Fsp3) is 0.641. The van der Waals surface area contributed by atoms with Gasteiger partial charge in [-0.3, -0.25) is 19.2 Å². The molecule has 4 aliphatic carbocycles. The Morgan fingerprint density at radius 3 is 1.55 bits per heavy atom. The third-order valence-corrected chi connectivity index (χ3v) is 13.3. The Balaban J connectivity index is 0.720. The number of allylic oxidation sites excluding steroid dienone is 2. The van der Waals surface area contributed by atoms with Crippen molar-refractivity contribution in [1.82, 2.24) is 10.6 Å². The third kappa shape index (κ3) is 5.57. The number of ether oxygens (including phenoxy) is 6. The molecule has 2 N–H and O–H groups in total. The van der Waals surface area contributed by atoms with Crippen molar-refractivity contribution >= 4 is 35.7 Å². The average molecular weight is 735 g/mol. The zero-order valence-electron chi connectivity index (χ0n) is 30.1. The summed E-state index contributed by atoms with van der Waals surface area (Å²) in [5.41, 5.74) is 0.682. The van der Waals surface area contributed by atoms with Crippen LogP contribution in [0.4, 0.5) is 0 Å². The number of fused-ring (bicyclic) bond motifs is 2. The molecule has 2 amide bonds. The van der Waals surface area contributed by atoms with E-state index in [1.807, 2.05) is 13.8 Å². The molecule has 0 aromatic rings. The van der Waals surface area contributed by atoms with E-state index in [1.54, 1.807) is 0 Å². The monoisotopic (exact) mass is 734 g/mol. The quantitative estimate of drug-likeness (QED) is 0.0746. The number of esters is 4. The molecule has 4 heterocycles. The molecule has 4 saturated heterocycles. The fourth-order valence-corrected chi connectivity index (χ4v) is 10.4. The molecule has 2 unspecified atom stereocenters. The summed E-state index contributed by atoms with van der Waals surface area (Å²) in [5, 5.41) is 5.09. The van der Waals surface area contributed by atoms with Gasteiger partial charge in [0.2, 0.25) is 11.8 Å². The summed E-state index contributed by atoms with van der Waals surface area (Å²) in [6.07, 6.45) is 7.14. The topological polar surface area (TPSA) is 188 Å². The third-order valence-electron chi connectivity index (χ3n) is 13.3. The zero-order valence-corrected chi connectivity index (χ0v) is 30.1. The second kappa shape index (κ2) is 12.6. The SMILES string of the molecule is C=C1C(=O)O[C@H]2[C@H]1CC1C(COC(=O)CCC(=O)NCNC(=O)CCC(=O)OCC3=CCC[C@@]4(C)O[C@]45C3C[C@H]3C(=C)C(=O)O[C@@H]35)=CCC[C@@]3(C)O[C@@]123. The van der Waals surface area contributed by atoms with Crippen molar-refractivity contribution in [2.75, 3.05) is 19.9 Å². The van der Waals surface area contributed by atoms with Gasteiger partial charge in [0.15, 0.2) is 0 Å². The van der Waals surface area contributed by atoms with Crippen LogP contribution < -0.4 is 10.6 Å². The first-order chi connectivity index (χ1) is 25.2. The molecule has 0 bridgehead atoms. The van der Waals surface area contributed by atoms with Crippen LogP contribution in [0.15, 0.2) is 47.6 Å². The van der Waals surface area contributed by atoms with Crippen LogP contribution in [0.2, 0.25) is 0 Å². The Labute approximate surface area is 307 Å². The van der Waals surface area contributed by atoms with Gasteiger partial charge in [0.1, 0.15) is 36.6 Å². The molecule has 10 atom stereocenters. The Morgan fingerprint density at radius 1 is 0.717 bits per heavy atom. The van der Waals surface area contributed by atoms with Gasteiger partial charge in [0.05, 0.1) is 30.7 Å². The minimum atomic E-state index is -0.636. The minimum Gasteiger partial charge on any atom is -0.461 e. The lowest BCUT2D eigenvalue weighted by molar-refractivity contribution is -0.144. The number of epoxide rings is 2. The predicted molar refractivity (Wildman–Crippen MR) is 182 cm³/mol. The first-order valence-electron chi connectivity index (χ1n) is 18.7. The largest absolute Gasteiger partial charge is 0.461 e. The summed E-state index contributed by atoms with van der Waals surface area (Å²) in [5.74, 6) is -3.09. The molecule has 14 nitrogen and oxygen atoms in total. The van der Waals surface area contributed by atoms with E-state index >= 15 is 0 Å². The van der Waals surface area contributed by atoms with Crippen LogP contribution in [0.5, 0.6) is 0 Å². The van der Waals surface area contributed by atoms with Crippen LogP contribution in [0.25, 0.3) is 0 Å². The van der Waals surface area contributed by atoms with Crippen molar-refractivity contribution in [2.45, 2.75) is 113 Å². The van der Waals surface area contributed by atoms with Gasteiger partial charge >= 0.3 is 23.9 Å². The van der Waals surface area contributed by atoms with Crippen molar-refractivity contribution < 1.29 is 57.2 Å². The van der Waals surface area contributed by atoms with Crippen molar-refractivity contribution in [3.63, 3.8) is 0 Å². The van der Waals surface area contributed by atoms with Gasteiger partial charge in [0, 0.05) is 47.7 Å². The summed E-state index contributed by atoms with van der Waals surface area (Å²) in [6.45, 7) is 11.9. The summed E-state index contributed by atoms with van der Waals surface area (Å²) < 4.78 is 35.2. The van der Waals surface area contributed by atoms with Gasteiger partial charge in [-0.2, -0.15) is 0 Å². The van der Waals surface area contributed by atoms with Gasteiger partial charge < -0.3 is 39.1 Å². The van der Waals surface area contributed by atoms with E-state index in [4.69, 9.17) is 28.4 Å². The first kappa shape index (κ1) is 35.7. The molecular weight excluding hydrogens is 688 g/mol. The molecule has 8 aliphatic rings. The number of hydrogen-bond acceptors (Lipinski definition) is 12. The lowest BCUT2D eigenvalue weighted by Crippen LogP contribution is -2.39. The highest BCUT2D eigenvalue weighted by Crippen LogP contribution is 2.70. The number of carbonyl (C=O) groups is 6. The maximum absolute atomic E-state index is 12.6. The fourth-order valence-electron chi connectivity index (χ4n) is 10.4. The molecular formula is C39H46N2O12. The van der Waals surface area contributed by atoms with Crippen molar-refractivity contribution in [3.05, 3.63) is 47.6 Å². The van der Waals surface area contributed by atoms with Crippen molar-refractivity contribution in [3.8, 4) is 0 Å². The highest BCUT2D eigenvalue weighted by molar-refractivity contribution is 5.92. The van der Waals surface area contributed by atoms with Gasteiger partial charge in [-0.05, 0) is 63.5 Å². The molecule has 2 spiro atoms. The molecule has 6 fully saturated rings. The van der Waals surface area contributed by atoms with Gasteiger partial charge in [0.25, 0.3) is 0 Å². The minimum absolute atomic E-state index is 0.0612. The van der Waals surface area contributed by atoms with E-state index in [2.05, 4.69) is 35.9 Å². The molecule has 53 heavy (non-hydrogen) atoms. The van der Waals surface area contributed by atoms with Crippen LogP contribution in [-0.2, 0) is 57.2 Å². The molecule has 8 rings (SSSR count). The number of nitrogens with one attached hydrogen (secondary N) is 2. The molecule has 284 valence electrons. The van der Waals surface area contributed by atoms with E-state index in [0.29, 0.717) is 24.0 Å². The summed E-state index contributed by atoms with van der Waals surface area (Å²) in [6, 6.07) is 0. The predicted octanol–water partition coefficient (Wildman–Crippen LogP) is 2.55. The maximum atomic E-state index is 12.6. The first-order valence-corrected chi connectivity index (χ1v) is 18.7. The number of amides is 2. The second-order valence-corrected chi connectivity index (χ2v) is 16.1. The number of rotatable bonds is 12. The van der Waals surface area contributed by atoms with Gasteiger partial charge in [-0.15, -0.1) is 0 Å². The van der Waals surface area contributed by atoms with Crippen LogP contribution >= 0.6 is 0 Å². The highest BCUT2D eigenvalue weighted by atomic mass is 16.7. The van der Waals surface area contributed by atoms with Crippen LogP contribution in [0.1, 0.15) is 78.1 Å². The van der Waals surface area contributed by atoms with Crippen molar-refractivity contribution in [2.24, 2.45) is 23.7 Å². The van der Waals surface area contributed by atoms with Crippen molar-refractivity contribution in [1.29, 1.82) is 0 Å². The van der Waals surface area contributed by atoms with Crippen LogP contribution in [0.3, 0.4) is 0 Å². The standard InChI is InChI=1S/C39H46N2O12/c1-20-24-15-26-22(7-5-13-36(3)38(26,52-36)32(24)50-34(20)46)17-48-30(44)11-9-28(42)40-19-41-29(43)10-12-31(45)49-18-23-8-6-14-37(4)39(53-37)27(23)16-25-21(2)35(47)51-33(25)39/h7-8,24-27,32-33H,1-2,5-6,9-19H2,3-4H3,(H,40,42)(H,41,43)/t24-,25-,26?,27?,32-,33-,36+,37+,38-,39-/m0/s1. The summed E-state index contributed by atoms with van der Waals surface area (Å²) in [7, 11) is 0. The molecule has 14 heteroatoms. The lowest BCUT2D eigenvalue weighted by atomic mass is 9.80. The lowest BCUT2D eigenvalue weighted by Gasteiger charge is -2.24. The Hall–Kier alpha value is -4.30. The smallest absolute Gasteiger partial charge is 0.334 e. The molecule has 0 radical (unpaired) electrons. The van der Waals surface area contributed by atoms with Crippen LogP contribution in [-0.4, -0.2) is 90.2 Å². The second-order valence-electron chi connectivity index (χ2n) is 16.1. The Kier molecular flexibility index (Phi) is 8.52. The maximum Gasteiger partial charge on any atom is 0.334 e. The number of carbonyl (C=O) groups excluding carboxylic acids is 6. The van der Waals surface area contributed by atoms with Crippen LogP contribution in [0, 0.1) is 23.7 Å². The highest BCUT2D eigenvalue weighted by Gasteiger charge is 2.82.